The van der Waals surface area contributed by atoms with Gasteiger partial charge in [-0.15, -0.1) is 0 Å². The maximum Gasteiger partial charge on any atom is 0.273 e. The summed E-state index contributed by atoms with van der Waals surface area (Å²) in [4.78, 5) is 9.87. The summed E-state index contributed by atoms with van der Waals surface area (Å²) in [6.07, 6.45) is 6.04. The van der Waals surface area contributed by atoms with E-state index in [1.54, 1.807) is 24.3 Å². The number of aryl methyl sites for hydroxylation is 1. The van der Waals surface area contributed by atoms with Crippen LogP contribution in [0.2, 0.25) is 0 Å². The minimum atomic E-state index is -4.25. The molecule has 8 heteroatoms. The molecule has 0 spiro atoms. The number of sulfonamides is 1. The van der Waals surface area contributed by atoms with Crippen LogP contribution >= 0.6 is 0 Å². The van der Waals surface area contributed by atoms with Crippen LogP contribution < -0.4 is 0 Å². The van der Waals surface area contributed by atoms with E-state index in [-0.39, 0.29) is 17.0 Å². The number of aliphatic hydroxyl groups is 1. The van der Waals surface area contributed by atoms with Crippen molar-refractivity contribution in [1.29, 1.82) is 0 Å². The molecule has 0 radical (unpaired) electrons. The molecule has 1 aliphatic carbocycles. The number of benzene rings is 2. The molecule has 0 fully saturated rings. The molecule has 2 aromatic carbocycles. The highest BCUT2D eigenvalue weighted by Crippen LogP contribution is 2.41. The van der Waals surface area contributed by atoms with Crippen LogP contribution in [-0.2, 0) is 22.2 Å². The molecule has 0 saturated carbocycles. The second-order valence-electron chi connectivity index (χ2n) is 5.62. The van der Waals surface area contributed by atoms with E-state index >= 15 is 0 Å². The first-order valence-electron chi connectivity index (χ1n) is 7.37. The number of non-ortho nitro benzene ring substituents is 1. The number of terminal acetylenes is 1. The first-order valence-corrected chi connectivity index (χ1v) is 8.81. The van der Waals surface area contributed by atoms with Crippen LogP contribution in [0.15, 0.2) is 53.4 Å². The van der Waals surface area contributed by atoms with Crippen LogP contribution in [0.3, 0.4) is 0 Å². The van der Waals surface area contributed by atoms with E-state index in [9.17, 15) is 23.6 Å². The fraction of sp³-hybridized carbons (Fsp3) is 0.176. The summed E-state index contributed by atoms with van der Waals surface area (Å²) in [5.74, 6) is 0. The van der Waals surface area contributed by atoms with Crippen molar-refractivity contribution in [2.24, 2.45) is 0 Å². The maximum atomic E-state index is 12.9. The molecule has 0 saturated heterocycles. The number of nitrogens with zero attached hydrogens (tertiary/aromatic N) is 2. The highest BCUT2D eigenvalue weighted by Gasteiger charge is 2.47. The van der Waals surface area contributed by atoms with E-state index in [0.717, 1.165) is 29.8 Å². The topological polar surface area (TPSA) is 101 Å². The largest absolute Gasteiger partial charge is 0.365 e. The zero-order valence-corrected chi connectivity index (χ0v) is 13.8. The van der Waals surface area contributed by atoms with Crippen molar-refractivity contribution >= 4 is 15.7 Å². The monoisotopic (exact) mass is 358 g/mol. The van der Waals surface area contributed by atoms with E-state index < -0.39 is 20.7 Å². The van der Waals surface area contributed by atoms with Crippen LogP contribution in [0, 0.1) is 22.6 Å². The van der Waals surface area contributed by atoms with Crippen molar-refractivity contribution in [1.82, 2.24) is 4.31 Å². The lowest BCUT2D eigenvalue weighted by atomic mass is 10.1. The summed E-state index contributed by atoms with van der Waals surface area (Å²) in [5, 5.41) is 21.8. The molecule has 0 aromatic heterocycles. The Balaban J connectivity index is 2.06. The Bertz CT molecular complexity index is 979. The zero-order chi connectivity index (χ0) is 18.2. The molecular weight excluding hydrogens is 344 g/mol. The molecule has 1 atom stereocenters. The number of hydrogen-bond acceptors (Lipinski definition) is 5. The molecule has 7 nitrogen and oxygen atoms in total. The lowest BCUT2D eigenvalue weighted by molar-refractivity contribution is -0.384. The molecule has 0 amide bonds. The van der Waals surface area contributed by atoms with Crippen molar-refractivity contribution in [3.63, 3.8) is 0 Å². The van der Waals surface area contributed by atoms with Gasteiger partial charge in [-0.05, 0) is 24.1 Å². The Labute approximate surface area is 144 Å². The molecule has 1 N–H and O–H groups in total. The van der Waals surface area contributed by atoms with Gasteiger partial charge in [0, 0.05) is 30.2 Å². The average molecular weight is 358 g/mol. The van der Waals surface area contributed by atoms with Gasteiger partial charge in [0.05, 0.1) is 9.82 Å². The minimum absolute atomic E-state index is 0.128. The molecule has 1 unspecified atom stereocenters. The standard InChI is InChI=1S/C17H14N2O5S/c1-2-18(17(20)12-11-13-5-3-4-6-16(13)17)25(23,24)15-9-7-14(8-10-15)19(21)22/h1,3-10,20H,11-12H2. The Hall–Kier alpha value is -2.89. The summed E-state index contributed by atoms with van der Waals surface area (Å²) in [7, 11) is -4.25. The Morgan fingerprint density at radius 1 is 1.20 bits per heavy atom. The summed E-state index contributed by atoms with van der Waals surface area (Å²) in [5.41, 5.74) is -0.829. The molecular formula is C17H14N2O5S. The smallest absolute Gasteiger partial charge is 0.273 e. The first-order chi connectivity index (χ1) is 11.8. The molecule has 1 aliphatic rings. The van der Waals surface area contributed by atoms with Crippen LogP contribution in [0.4, 0.5) is 5.69 Å². The van der Waals surface area contributed by atoms with Crippen molar-refractivity contribution in [2.45, 2.75) is 23.5 Å². The van der Waals surface area contributed by atoms with Crippen LogP contribution in [0.1, 0.15) is 17.5 Å². The van der Waals surface area contributed by atoms with Gasteiger partial charge >= 0.3 is 0 Å². The summed E-state index contributed by atoms with van der Waals surface area (Å²) < 4.78 is 26.4. The lowest BCUT2D eigenvalue weighted by Gasteiger charge is -2.33. The number of hydrogen-bond donors (Lipinski definition) is 1. The number of rotatable bonds is 4. The predicted molar refractivity (Wildman–Crippen MR) is 89.6 cm³/mol. The Kier molecular flexibility index (Phi) is 3.99. The maximum absolute atomic E-state index is 12.9. The molecule has 3 rings (SSSR count). The van der Waals surface area contributed by atoms with Gasteiger partial charge in [0.1, 0.15) is 0 Å². The van der Waals surface area contributed by atoms with Gasteiger partial charge in [-0.25, -0.2) is 8.42 Å². The lowest BCUT2D eigenvalue weighted by Crippen LogP contribution is -2.45. The van der Waals surface area contributed by atoms with Gasteiger partial charge in [0.2, 0.25) is 0 Å². The third kappa shape index (κ3) is 2.63. The summed E-state index contributed by atoms with van der Waals surface area (Å²) >= 11 is 0. The second kappa shape index (κ2) is 5.88. The predicted octanol–water partition coefficient (Wildman–Crippen LogP) is 1.97. The summed E-state index contributed by atoms with van der Waals surface area (Å²) in [6.45, 7) is 0. The van der Waals surface area contributed by atoms with Gasteiger partial charge in [-0.2, -0.15) is 4.31 Å². The minimum Gasteiger partial charge on any atom is -0.365 e. The summed E-state index contributed by atoms with van der Waals surface area (Å²) in [6, 6.07) is 13.4. The van der Waals surface area contributed by atoms with E-state index in [1.165, 1.54) is 0 Å². The fourth-order valence-electron chi connectivity index (χ4n) is 3.00. The third-order valence-electron chi connectivity index (χ3n) is 4.23. The SMILES string of the molecule is C#CN(C1(O)CCc2ccccc21)S(=O)(=O)c1ccc([N+](=O)[O-])cc1. The van der Waals surface area contributed by atoms with Crippen LogP contribution in [0.5, 0.6) is 0 Å². The van der Waals surface area contributed by atoms with Gasteiger partial charge in [0.15, 0.2) is 5.72 Å². The van der Waals surface area contributed by atoms with Crippen molar-refractivity contribution in [3.05, 3.63) is 69.8 Å². The molecule has 0 aliphatic heterocycles. The quantitative estimate of drug-likeness (QED) is 0.296. The second-order valence-corrected chi connectivity index (χ2v) is 7.41. The number of nitro groups is 1. The highest BCUT2D eigenvalue weighted by atomic mass is 32.2. The van der Waals surface area contributed by atoms with Crippen molar-refractivity contribution in [3.8, 4) is 12.5 Å². The number of nitro benzene ring substituents is 1. The fourth-order valence-corrected chi connectivity index (χ4v) is 4.42. The third-order valence-corrected chi connectivity index (χ3v) is 5.99. The molecule has 25 heavy (non-hydrogen) atoms. The molecule has 128 valence electrons. The van der Waals surface area contributed by atoms with E-state index in [4.69, 9.17) is 6.42 Å². The van der Waals surface area contributed by atoms with E-state index in [2.05, 4.69) is 6.04 Å². The molecule has 0 bridgehead atoms. The van der Waals surface area contributed by atoms with Gasteiger partial charge in [-0.1, -0.05) is 30.7 Å². The Morgan fingerprint density at radius 3 is 2.44 bits per heavy atom. The van der Waals surface area contributed by atoms with E-state index in [1.807, 2.05) is 0 Å². The van der Waals surface area contributed by atoms with Crippen molar-refractivity contribution < 1.29 is 18.4 Å². The Morgan fingerprint density at radius 2 is 1.84 bits per heavy atom. The molecule has 2 aromatic rings. The highest BCUT2D eigenvalue weighted by molar-refractivity contribution is 7.89. The normalized spacial score (nSPS) is 19.0. The van der Waals surface area contributed by atoms with Gasteiger partial charge < -0.3 is 5.11 Å². The van der Waals surface area contributed by atoms with Crippen LogP contribution in [-0.4, -0.2) is 22.8 Å². The van der Waals surface area contributed by atoms with Crippen molar-refractivity contribution in [2.75, 3.05) is 0 Å². The zero-order valence-electron chi connectivity index (χ0n) is 13.0. The van der Waals surface area contributed by atoms with E-state index in [0.29, 0.717) is 16.3 Å². The molecule has 0 heterocycles. The van der Waals surface area contributed by atoms with Gasteiger partial charge in [-0.3, -0.25) is 10.1 Å². The van der Waals surface area contributed by atoms with Gasteiger partial charge in [0.25, 0.3) is 15.7 Å². The average Bonchev–Trinajstić information content (AvgIpc) is 2.93. The van der Waals surface area contributed by atoms with Crippen LogP contribution in [0.25, 0.3) is 0 Å². The first kappa shape index (κ1) is 17.0. The number of fused-ring (bicyclic) bond motifs is 1.